The lowest BCUT2D eigenvalue weighted by Gasteiger charge is -2.23. The second-order valence-electron chi connectivity index (χ2n) is 10.2. The van der Waals surface area contributed by atoms with Crippen molar-refractivity contribution in [1.82, 2.24) is 14.1 Å². The second kappa shape index (κ2) is 9.23. The molecule has 0 saturated carbocycles. The average molecular weight is 529 g/mol. The number of halogens is 1. The maximum absolute atomic E-state index is 15.6. The molecule has 1 fully saturated rings. The zero-order valence-electron chi connectivity index (χ0n) is 21.1. The average Bonchev–Trinajstić information content (AvgIpc) is 3.52. The Morgan fingerprint density at radius 3 is 2.54 bits per heavy atom. The van der Waals surface area contributed by atoms with E-state index in [2.05, 4.69) is 10.4 Å². The highest BCUT2D eigenvalue weighted by atomic mass is 32.2. The molecule has 1 aromatic heterocycles. The van der Waals surface area contributed by atoms with E-state index >= 15 is 4.39 Å². The number of hydrogen-bond acceptors (Lipinski definition) is 7. The van der Waals surface area contributed by atoms with Gasteiger partial charge in [0, 0.05) is 31.1 Å². The number of hydrogen-bond donors (Lipinski definition) is 1. The van der Waals surface area contributed by atoms with Gasteiger partial charge < -0.3 is 14.8 Å². The van der Waals surface area contributed by atoms with Crippen molar-refractivity contribution in [2.24, 2.45) is 0 Å². The van der Waals surface area contributed by atoms with Crippen LogP contribution in [0.1, 0.15) is 50.1 Å². The van der Waals surface area contributed by atoms with Crippen molar-refractivity contribution in [2.45, 2.75) is 56.8 Å². The van der Waals surface area contributed by atoms with Gasteiger partial charge in [-0.3, -0.25) is 9.48 Å². The van der Waals surface area contributed by atoms with Crippen LogP contribution in [0, 0.1) is 5.82 Å². The number of benzene rings is 2. The second-order valence-corrected chi connectivity index (χ2v) is 12.1. The number of methoxy groups -OCH3 is 1. The van der Waals surface area contributed by atoms with E-state index in [0.717, 1.165) is 5.56 Å². The van der Waals surface area contributed by atoms with Crippen LogP contribution in [-0.2, 0) is 38.2 Å². The molecule has 5 rings (SSSR count). The summed E-state index contributed by atoms with van der Waals surface area (Å²) < 4.78 is 55.6. The van der Waals surface area contributed by atoms with Crippen LogP contribution in [0.3, 0.4) is 0 Å². The first-order valence-corrected chi connectivity index (χ1v) is 13.4. The quantitative estimate of drug-likeness (QED) is 0.510. The van der Waals surface area contributed by atoms with Gasteiger partial charge in [0.15, 0.2) is 23.5 Å². The van der Waals surface area contributed by atoms with Crippen molar-refractivity contribution in [3.8, 4) is 5.75 Å². The molecule has 2 aromatic carbocycles. The molecule has 0 radical (unpaired) electrons. The van der Waals surface area contributed by atoms with E-state index in [4.69, 9.17) is 9.47 Å². The number of nitrogens with one attached hydrogen (secondary N) is 1. The van der Waals surface area contributed by atoms with Gasteiger partial charge in [0.2, 0.25) is 10.0 Å². The van der Waals surface area contributed by atoms with E-state index in [1.807, 2.05) is 20.8 Å². The Hall–Kier alpha value is -3.28. The lowest BCUT2D eigenvalue weighted by molar-refractivity contribution is -0.122. The third-order valence-electron chi connectivity index (χ3n) is 6.50. The molecule has 196 valence electrons. The van der Waals surface area contributed by atoms with Crippen LogP contribution in [0.25, 0.3) is 0 Å². The molecule has 1 saturated heterocycles. The predicted molar refractivity (Wildman–Crippen MR) is 135 cm³/mol. The SMILES string of the molecule is COc1ccc(CN2Cc3c(ccc(Nc4cc(C5OCCC5=O)n(C(C)(C)C)n4)c3F)S2(=O)=O)cc1. The summed E-state index contributed by atoms with van der Waals surface area (Å²) in [5.74, 6) is 0.322. The smallest absolute Gasteiger partial charge is 0.244 e. The van der Waals surface area contributed by atoms with Gasteiger partial charge in [-0.15, -0.1) is 0 Å². The molecule has 11 heteroatoms. The summed E-state index contributed by atoms with van der Waals surface area (Å²) in [5.41, 5.74) is 1.10. The third-order valence-corrected chi connectivity index (χ3v) is 8.38. The summed E-state index contributed by atoms with van der Waals surface area (Å²) in [5, 5.41) is 7.55. The molecule has 37 heavy (non-hydrogen) atoms. The molecule has 1 N–H and O–H groups in total. The van der Waals surface area contributed by atoms with Crippen LogP contribution >= 0.6 is 0 Å². The van der Waals surface area contributed by atoms with E-state index in [9.17, 15) is 13.2 Å². The topological polar surface area (TPSA) is 103 Å². The van der Waals surface area contributed by atoms with Crippen molar-refractivity contribution in [3.05, 3.63) is 65.1 Å². The normalized spacial score (nSPS) is 19.3. The summed E-state index contributed by atoms with van der Waals surface area (Å²) in [6, 6.07) is 11.6. The van der Waals surface area contributed by atoms with Crippen molar-refractivity contribution in [3.63, 3.8) is 0 Å². The summed E-state index contributed by atoms with van der Waals surface area (Å²) in [7, 11) is -2.29. The fraction of sp³-hybridized carbons (Fsp3) is 0.385. The van der Waals surface area contributed by atoms with Gasteiger partial charge in [-0.25, -0.2) is 12.8 Å². The number of fused-ring (bicyclic) bond motifs is 1. The van der Waals surface area contributed by atoms with E-state index < -0.39 is 27.5 Å². The number of nitrogens with zero attached hydrogens (tertiary/aromatic N) is 3. The minimum absolute atomic E-state index is 0.0252. The number of rotatable bonds is 6. The molecule has 1 atom stereocenters. The highest BCUT2D eigenvalue weighted by Crippen LogP contribution is 2.38. The third kappa shape index (κ3) is 4.62. The van der Waals surface area contributed by atoms with Crippen LogP contribution < -0.4 is 10.1 Å². The highest BCUT2D eigenvalue weighted by molar-refractivity contribution is 7.89. The number of carbonyl (C=O) groups is 1. The van der Waals surface area contributed by atoms with Gasteiger partial charge in [-0.05, 0) is 50.6 Å². The monoisotopic (exact) mass is 528 g/mol. The molecular formula is C26H29FN4O5S. The number of carbonyl (C=O) groups excluding carboxylic acids is 1. The summed E-state index contributed by atoms with van der Waals surface area (Å²) in [6.07, 6.45) is -0.382. The standard InChI is InChI=1S/C26H29FN4O5S/c1-26(2,3)31-20(25-21(32)11-12-36-25)13-23(29-31)28-19-9-10-22-18(24(19)27)15-30(37(22,33)34)14-16-5-7-17(35-4)8-6-16/h5-10,13,25H,11-12,14-15H2,1-4H3,(H,28,29). The van der Waals surface area contributed by atoms with Crippen LogP contribution in [0.4, 0.5) is 15.9 Å². The molecule has 2 aliphatic heterocycles. The van der Waals surface area contributed by atoms with Crippen LogP contribution in [-0.4, -0.2) is 42.0 Å². The molecule has 0 bridgehead atoms. The van der Waals surface area contributed by atoms with Gasteiger partial charge in [0.1, 0.15) is 5.75 Å². The van der Waals surface area contributed by atoms with Crippen LogP contribution in [0.2, 0.25) is 0 Å². The molecule has 0 aliphatic carbocycles. The van der Waals surface area contributed by atoms with E-state index in [1.165, 1.54) is 16.4 Å². The predicted octanol–water partition coefficient (Wildman–Crippen LogP) is 4.26. The van der Waals surface area contributed by atoms with Crippen LogP contribution in [0.15, 0.2) is 47.4 Å². The van der Waals surface area contributed by atoms with E-state index in [1.54, 1.807) is 42.1 Å². The molecule has 1 unspecified atom stereocenters. The molecular weight excluding hydrogens is 499 g/mol. The number of aromatic nitrogens is 2. The maximum atomic E-state index is 15.6. The van der Waals surface area contributed by atoms with Crippen LogP contribution in [0.5, 0.6) is 5.75 Å². The minimum atomic E-state index is -3.85. The first-order valence-electron chi connectivity index (χ1n) is 12.0. The lowest BCUT2D eigenvalue weighted by atomic mass is 10.1. The molecule has 0 amide bonds. The van der Waals surface area contributed by atoms with Gasteiger partial charge in [-0.1, -0.05) is 12.1 Å². The summed E-state index contributed by atoms with van der Waals surface area (Å²) >= 11 is 0. The van der Waals surface area contributed by atoms with Crippen molar-refractivity contribution in [2.75, 3.05) is 19.0 Å². The molecule has 3 heterocycles. The Kier molecular flexibility index (Phi) is 6.33. The number of ether oxygens (including phenoxy) is 2. The maximum Gasteiger partial charge on any atom is 0.244 e. The Morgan fingerprint density at radius 2 is 1.92 bits per heavy atom. The number of sulfonamides is 1. The minimum Gasteiger partial charge on any atom is -0.497 e. The Balaban J connectivity index is 1.43. The van der Waals surface area contributed by atoms with Crippen molar-refractivity contribution < 1.29 is 27.1 Å². The highest BCUT2D eigenvalue weighted by Gasteiger charge is 2.38. The van der Waals surface area contributed by atoms with E-state index in [0.29, 0.717) is 30.3 Å². The molecule has 3 aromatic rings. The first kappa shape index (κ1) is 25.4. The van der Waals surface area contributed by atoms with Crippen molar-refractivity contribution in [1.29, 1.82) is 0 Å². The number of ketones is 1. The number of anilines is 2. The lowest BCUT2D eigenvalue weighted by Crippen LogP contribution is -2.27. The summed E-state index contributed by atoms with van der Waals surface area (Å²) in [4.78, 5) is 12.3. The fourth-order valence-corrected chi connectivity index (χ4v) is 6.24. The van der Waals surface area contributed by atoms with Gasteiger partial charge in [0.05, 0.1) is 35.5 Å². The van der Waals surface area contributed by atoms with E-state index in [-0.39, 0.29) is 35.0 Å². The Labute approximate surface area is 215 Å². The molecule has 9 nitrogen and oxygen atoms in total. The van der Waals surface area contributed by atoms with Gasteiger partial charge in [0.25, 0.3) is 0 Å². The molecule has 2 aliphatic rings. The number of Topliss-reactive ketones (excluding diaryl/α,β-unsaturated/α-hetero) is 1. The first-order chi connectivity index (χ1) is 17.5. The largest absolute Gasteiger partial charge is 0.497 e. The summed E-state index contributed by atoms with van der Waals surface area (Å²) in [6.45, 7) is 6.22. The molecule has 0 spiro atoms. The van der Waals surface area contributed by atoms with Crippen molar-refractivity contribution >= 4 is 27.3 Å². The Bertz CT molecular complexity index is 1460. The zero-order chi connectivity index (χ0) is 26.5. The van der Waals surface area contributed by atoms with Gasteiger partial charge >= 0.3 is 0 Å². The zero-order valence-corrected chi connectivity index (χ0v) is 21.9. The Morgan fingerprint density at radius 1 is 1.19 bits per heavy atom. The fourth-order valence-electron chi connectivity index (χ4n) is 4.64. The van der Waals surface area contributed by atoms with Gasteiger partial charge in [-0.2, -0.15) is 9.40 Å².